The lowest BCUT2D eigenvalue weighted by atomic mass is 10.0. The van der Waals surface area contributed by atoms with Crippen LogP contribution in [-0.2, 0) is 16.1 Å². The van der Waals surface area contributed by atoms with Gasteiger partial charge < -0.3 is 20.6 Å². The van der Waals surface area contributed by atoms with E-state index in [-0.39, 0.29) is 25.1 Å². The van der Waals surface area contributed by atoms with Gasteiger partial charge in [-0.1, -0.05) is 12.1 Å². The summed E-state index contributed by atoms with van der Waals surface area (Å²) < 4.78 is 46.1. The molecular weight excluding hydrogens is 374 g/mol. The summed E-state index contributed by atoms with van der Waals surface area (Å²) in [6, 6.07) is 5.34. The molecule has 0 radical (unpaired) electrons. The first-order chi connectivity index (χ1) is 12.3. The third-order valence-corrected chi connectivity index (χ3v) is 4.19. The Morgan fingerprint density at radius 1 is 1.30 bits per heavy atom. The van der Waals surface area contributed by atoms with Crippen LogP contribution < -0.4 is 5.32 Å². The van der Waals surface area contributed by atoms with Gasteiger partial charge in [-0.3, -0.25) is 4.79 Å². The quantitative estimate of drug-likeness (QED) is 0.571. The maximum absolute atomic E-state index is 14.4. The molecule has 1 aliphatic carbocycles. The fraction of sp³-hybridized carbons (Fsp3) is 0.529. The molecule has 1 aromatic carbocycles. The summed E-state index contributed by atoms with van der Waals surface area (Å²) in [7, 11) is 0. The molecule has 0 aromatic heterocycles. The minimum Gasteiger partial charge on any atom is -0.508 e. The Morgan fingerprint density at radius 3 is 2.33 bits per heavy atom. The largest absolute Gasteiger partial charge is 0.508 e. The van der Waals surface area contributed by atoms with E-state index in [4.69, 9.17) is 15.0 Å². The summed E-state index contributed by atoms with van der Waals surface area (Å²) in [5.41, 5.74) is 0.246. The molecule has 4 N–H and O–H groups in total. The van der Waals surface area contributed by atoms with Gasteiger partial charge >= 0.3 is 18.1 Å². The van der Waals surface area contributed by atoms with Crippen LogP contribution in [0.15, 0.2) is 18.2 Å². The number of aromatic hydroxyl groups is 1. The SMILES string of the molecule is Cc1ccc(CNC[C@@]2(F)CC[C@@H](C(=O)O)C2)cc1O.O=C(O)C(F)(F)F. The lowest BCUT2D eigenvalue weighted by Gasteiger charge is -2.20. The third kappa shape index (κ3) is 7.41. The van der Waals surface area contributed by atoms with Crippen molar-refractivity contribution in [3.63, 3.8) is 0 Å². The van der Waals surface area contributed by atoms with E-state index in [1.54, 1.807) is 6.07 Å². The number of hydrogen-bond donors (Lipinski definition) is 4. The summed E-state index contributed by atoms with van der Waals surface area (Å²) in [5.74, 6) is -4.00. The van der Waals surface area contributed by atoms with E-state index in [0.29, 0.717) is 13.0 Å². The minimum absolute atomic E-state index is 0.0779. The predicted octanol–water partition coefficient (Wildman–Crippen LogP) is 3.02. The lowest BCUT2D eigenvalue weighted by molar-refractivity contribution is -0.192. The Bertz CT molecular complexity index is 680. The molecule has 1 aromatic rings. The highest BCUT2D eigenvalue weighted by atomic mass is 19.4. The molecule has 1 aliphatic rings. The number of nitrogens with one attached hydrogen (secondary N) is 1. The van der Waals surface area contributed by atoms with Crippen LogP contribution in [-0.4, -0.2) is 45.6 Å². The van der Waals surface area contributed by atoms with Crippen LogP contribution in [0.4, 0.5) is 17.6 Å². The Balaban J connectivity index is 0.000000445. The molecule has 0 bridgehead atoms. The first-order valence-corrected chi connectivity index (χ1v) is 8.05. The summed E-state index contributed by atoms with van der Waals surface area (Å²) in [5, 5.41) is 28.6. The van der Waals surface area contributed by atoms with Crippen molar-refractivity contribution in [2.24, 2.45) is 5.92 Å². The van der Waals surface area contributed by atoms with E-state index < -0.39 is 29.7 Å². The second-order valence-electron chi connectivity index (χ2n) is 6.46. The van der Waals surface area contributed by atoms with E-state index in [0.717, 1.165) is 11.1 Å². The highest BCUT2D eigenvalue weighted by Gasteiger charge is 2.42. The maximum Gasteiger partial charge on any atom is 0.490 e. The Labute approximate surface area is 152 Å². The first kappa shape index (κ1) is 22.7. The van der Waals surface area contributed by atoms with Crippen molar-refractivity contribution in [3.05, 3.63) is 29.3 Å². The van der Waals surface area contributed by atoms with Gasteiger partial charge in [0.2, 0.25) is 0 Å². The number of phenols is 1. The molecule has 152 valence electrons. The zero-order valence-corrected chi connectivity index (χ0v) is 14.5. The Hall–Kier alpha value is -2.36. The van der Waals surface area contributed by atoms with Crippen LogP contribution in [0.1, 0.15) is 30.4 Å². The molecule has 6 nitrogen and oxygen atoms in total. The van der Waals surface area contributed by atoms with E-state index >= 15 is 0 Å². The lowest BCUT2D eigenvalue weighted by Crippen LogP contribution is -2.34. The predicted molar refractivity (Wildman–Crippen MR) is 87.1 cm³/mol. The van der Waals surface area contributed by atoms with Crippen LogP contribution >= 0.6 is 0 Å². The molecule has 1 saturated carbocycles. The number of carboxylic acid groups (broad SMARTS) is 2. The molecule has 2 atom stereocenters. The molecule has 0 saturated heterocycles. The number of benzene rings is 1. The van der Waals surface area contributed by atoms with Crippen molar-refractivity contribution >= 4 is 11.9 Å². The normalized spacial score (nSPS) is 22.0. The maximum atomic E-state index is 14.4. The first-order valence-electron chi connectivity index (χ1n) is 8.05. The molecule has 1 fully saturated rings. The Morgan fingerprint density at radius 2 is 1.89 bits per heavy atom. The van der Waals surface area contributed by atoms with Crippen molar-refractivity contribution in [2.75, 3.05) is 6.54 Å². The van der Waals surface area contributed by atoms with Crippen LogP contribution in [0, 0.1) is 12.8 Å². The molecule has 10 heteroatoms. The molecule has 0 unspecified atom stereocenters. The second-order valence-corrected chi connectivity index (χ2v) is 6.46. The number of aryl methyl sites for hydroxylation is 1. The molecule has 0 spiro atoms. The minimum atomic E-state index is -5.08. The molecule has 2 rings (SSSR count). The molecule has 27 heavy (non-hydrogen) atoms. The van der Waals surface area contributed by atoms with Gasteiger partial charge in [0.15, 0.2) is 0 Å². The average molecular weight is 395 g/mol. The van der Waals surface area contributed by atoms with Gasteiger partial charge in [0.05, 0.1) is 5.92 Å². The number of carbonyl (C=O) groups is 2. The highest BCUT2D eigenvalue weighted by Crippen LogP contribution is 2.37. The van der Waals surface area contributed by atoms with Gasteiger partial charge in [-0.2, -0.15) is 13.2 Å². The van der Waals surface area contributed by atoms with Gasteiger partial charge in [-0.15, -0.1) is 0 Å². The fourth-order valence-electron chi connectivity index (χ4n) is 2.65. The topological polar surface area (TPSA) is 107 Å². The van der Waals surface area contributed by atoms with Crippen molar-refractivity contribution in [2.45, 2.75) is 44.6 Å². The van der Waals surface area contributed by atoms with Gasteiger partial charge in [0, 0.05) is 13.1 Å². The number of carboxylic acids is 2. The van der Waals surface area contributed by atoms with Crippen LogP contribution in [0.25, 0.3) is 0 Å². The van der Waals surface area contributed by atoms with Crippen molar-refractivity contribution in [3.8, 4) is 5.75 Å². The summed E-state index contributed by atoms with van der Waals surface area (Å²) in [6.07, 6.45) is -4.32. The van der Waals surface area contributed by atoms with Gasteiger partial charge in [0.1, 0.15) is 11.4 Å². The fourth-order valence-corrected chi connectivity index (χ4v) is 2.65. The standard InChI is InChI=1S/C15H20FNO3.C2HF3O2/c1-10-2-3-11(6-13(10)18)8-17-9-15(16)5-4-12(7-15)14(19)20;3-2(4,5)1(6)7/h2-3,6,12,17-18H,4-5,7-9H2,1H3,(H,19,20);(H,6,7)/t12-,15-;/m1./s1. The number of phenolic OH excluding ortho intramolecular Hbond substituents is 1. The smallest absolute Gasteiger partial charge is 0.490 e. The van der Waals surface area contributed by atoms with Gasteiger partial charge in [-0.05, 0) is 43.4 Å². The monoisotopic (exact) mass is 395 g/mol. The van der Waals surface area contributed by atoms with Crippen LogP contribution in [0.2, 0.25) is 0 Å². The van der Waals surface area contributed by atoms with E-state index in [9.17, 15) is 27.5 Å². The summed E-state index contributed by atoms with van der Waals surface area (Å²) in [4.78, 5) is 19.7. The number of rotatable bonds is 5. The van der Waals surface area contributed by atoms with Crippen molar-refractivity contribution < 1.29 is 42.5 Å². The molecule has 0 aliphatic heterocycles. The second kappa shape index (κ2) is 9.03. The zero-order valence-electron chi connectivity index (χ0n) is 14.5. The van der Waals surface area contributed by atoms with E-state index in [2.05, 4.69) is 5.32 Å². The highest BCUT2D eigenvalue weighted by molar-refractivity contribution is 5.73. The number of halogens is 4. The van der Waals surface area contributed by atoms with Gasteiger partial charge in [-0.25, -0.2) is 9.18 Å². The summed E-state index contributed by atoms with van der Waals surface area (Å²) >= 11 is 0. The van der Waals surface area contributed by atoms with Gasteiger partial charge in [0.25, 0.3) is 0 Å². The van der Waals surface area contributed by atoms with Crippen LogP contribution in [0.3, 0.4) is 0 Å². The Kier molecular flexibility index (Phi) is 7.58. The molecular formula is C17H21F4NO5. The van der Waals surface area contributed by atoms with E-state index in [1.807, 2.05) is 19.1 Å². The molecule has 0 heterocycles. The van der Waals surface area contributed by atoms with Crippen molar-refractivity contribution in [1.82, 2.24) is 5.32 Å². The van der Waals surface area contributed by atoms with E-state index in [1.165, 1.54) is 0 Å². The average Bonchev–Trinajstić information content (AvgIpc) is 2.93. The number of hydrogen-bond acceptors (Lipinski definition) is 4. The molecule has 0 amide bonds. The van der Waals surface area contributed by atoms with Crippen LogP contribution in [0.5, 0.6) is 5.75 Å². The third-order valence-electron chi connectivity index (χ3n) is 4.19. The van der Waals surface area contributed by atoms with Crippen molar-refractivity contribution in [1.29, 1.82) is 0 Å². The zero-order chi connectivity index (χ0) is 20.8. The summed E-state index contributed by atoms with van der Waals surface area (Å²) in [6.45, 7) is 2.41. The number of aliphatic carboxylic acids is 2. The number of alkyl halides is 4.